The van der Waals surface area contributed by atoms with Crippen LogP contribution in [0.25, 0.3) is 0 Å². The number of unbranched alkanes of at least 4 members (excludes halogenated alkanes) is 3. The summed E-state index contributed by atoms with van der Waals surface area (Å²) in [5.41, 5.74) is 0. The summed E-state index contributed by atoms with van der Waals surface area (Å²) in [6, 6.07) is 1.98. The molecule has 1 atom stereocenters. The third-order valence-corrected chi connectivity index (χ3v) is 5.35. The van der Waals surface area contributed by atoms with Gasteiger partial charge in [-0.2, -0.15) is 5.26 Å². The Bertz CT molecular complexity index is 352. The maximum Gasteiger partial charge on any atom is 0.230 e. The van der Waals surface area contributed by atoms with E-state index < -0.39 is 15.3 Å². The molecular weight excluding hydrogens is 260 g/mol. The van der Waals surface area contributed by atoms with Gasteiger partial charge in [0.1, 0.15) is 0 Å². The lowest BCUT2D eigenvalue weighted by atomic mass is 10.2. The summed E-state index contributed by atoms with van der Waals surface area (Å²) in [5.74, 6) is 0. The highest BCUT2D eigenvalue weighted by Crippen LogP contribution is 2.16. The highest BCUT2D eigenvalue weighted by molar-refractivity contribution is 7.90. The molecule has 0 fully saturated rings. The molecule has 0 saturated heterocycles. The molecule has 0 radical (unpaired) electrons. The molecule has 0 saturated carbocycles. The van der Waals surface area contributed by atoms with E-state index in [1.54, 1.807) is 0 Å². The first-order valence-corrected chi connectivity index (χ1v) is 8.93. The van der Waals surface area contributed by atoms with Gasteiger partial charge in [0.25, 0.3) is 0 Å². The molecule has 0 spiro atoms. The molecule has 5 heteroatoms. The fraction of sp³-hybridized carbons (Fsp3) is 0.929. The van der Waals surface area contributed by atoms with E-state index in [9.17, 15) is 8.42 Å². The Labute approximate surface area is 118 Å². The molecule has 0 heterocycles. The van der Waals surface area contributed by atoms with Crippen LogP contribution in [-0.2, 0) is 10.0 Å². The van der Waals surface area contributed by atoms with Gasteiger partial charge < -0.3 is 0 Å². The van der Waals surface area contributed by atoms with Gasteiger partial charge in [0, 0.05) is 13.1 Å². The summed E-state index contributed by atoms with van der Waals surface area (Å²) in [6.45, 7) is 7.19. The SMILES string of the molecule is CCCCC(C#N)S(=O)(=O)N(CCCC)CCCC. The molecule has 0 amide bonds. The fourth-order valence-electron chi connectivity index (χ4n) is 1.88. The predicted octanol–water partition coefficient (Wildman–Crippen LogP) is 3.30. The van der Waals surface area contributed by atoms with Gasteiger partial charge in [-0.15, -0.1) is 0 Å². The highest BCUT2D eigenvalue weighted by Gasteiger charge is 2.30. The molecule has 19 heavy (non-hydrogen) atoms. The molecule has 0 aromatic carbocycles. The standard InChI is InChI=1S/C14H28N2O2S/c1-4-7-10-14(13-15)19(17,18)16(11-8-5-2)12-9-6-3/h14H,4-12H2,1-3H3. The second-order valence-corrected chi connectivity index (χ2v) is 7.03. The van der Waals surface area contributed by atoms with E-state index in [0.717, 1.165) is 38.5 Å². The smallest absolute Gasteiger partial charge is 0.211 e. The Morgan fingerprint density at radius 1 is 1.00 bits per heavy atom. The first kappa shape index (κ1) is 18.4. The summed E-state index contributed by atoms with van der Waals surface area (Å²) in [6.07, 6.45) is 5.78. The summed E-state index contributed by atoms with van der Waals surface area (Å²) >= 11 is 0. The van der Waals surface area contributed by atoms with Crippen molar-refractivity contribution >= 4 is 10.0 Å². The third-order valence-electron chi connectivity index (χ3n) is 3.21. The van der Waals surface area contributed by atoms with Gasteiger partial charge in [-0.25, -0.2) is 12.7 Å². The van der Waals surface area contributed by atoms with E-state index in [0.29, 0.717) is 19.5 Å². The minimum atomic E-state index is -3.46. The molecule has 0 aromatic rings. The lowest BCUT2D eigenvalue weighted by Gasteiger charge is -2.24. The molecular formula is C14H28N2O2S. The maximum atomic E-state index is 12.5. The third kappa shape index (κ3) is 6.40. The number of hydrogen-bond acceptors (Lipinski definition) is 3. The zero-order valence-corrected chi connectivity index (χ0v) is 13.4. The summed E-state index contributed by atoms with van der Waals surface area (Å²) in [4.78, 5) is 0. The number of rotatable bonds is 11. The van der Waals surface area contributed by atoms with Crippen LogP contribution in [0.1, 0.15) is 65.7 Å². The molecule has 112 valence electrons. The van der Waals surface area contributed by atoms with Crippen molar-refractivity contribution < 1.29 is 8.42 Å². The van der Waals surface area contributed by atoms with Crippen molar-refractivity contribution in [2.24, 2.45) is 0 Å². The van der Waals surface area contributed by atoms with Crippen molar-refractivity contribution in [1.29, 1.82) is 5.26 Å². The van der Waals surface area contributed by atoms with Crippen LogP contribution < -0.4 is 0 Å². The first-order valence-electron chi connectivity index (χ1n) is 7.43. The normalized spacial score (nSPS) is 13.4. The van der Waals surface area contributed by atoms with E-state index in [-0.39, 0.29) is 0 Å². The number of nitrogens with zero attached hydrogens (tertiary/aromatic N) is 2. The van der Waals surface area contributed by atoms with Crippen LogP contribution in [0, 0.1) is 11.3 Å². The average Bonchev–Trinajstić information content (AvgIpc) is 2.39. The van der Waals surface area contributed by atoms with Gasteiger partial charge in [0.2, 0.25) is 10.0 Å². The molecule has 4 nitrogen and oxygen atoms in total. The first-order chi connectivity index (χ1) is 9.04. The molecule has 0 aliphatic rings. The van der Waals surface area contributed by atoms with Gasteiger partial charge in [-0.3, -0.25) is 0 Å². The second kappa shape index (κ2) is 10.2. The van der Waals surface area contributed by atoms with Gasteiger partial charge >= 0.3 is 0 Å². The van der Waals surface area contributed by atoms with E-state index in [1.807, 2.05) is 26.8 Å². The Hall–Kier alpha value is -0.600. The van der Waals surface area contributed by atoms with Crippen molar-refractivity contribution in [2.75, 3.05) is 13.1 Å². The Morgan fingerprint density at radius 2 is 1.47 bits per heavy atom. The largest absolute Gasteiger partial charge is 0.230 e. The average molecular weight is 288 g/mol. The molecule has 1 unspecified atom stereocenters. The zero-order chi connectivity index (χ0) is 14.7. The Kier molecular flexibility index (Phi) is 9.90. The van der Waals surface area contributed by atoms with E-state index in [2.05, 4.69) is 0 Å². The fourth-order valence-corrected chi connectivity index (χ4v) is 3.61. The highest BCUT2D eigenvalue weighted by atomic mass is 32.2. The summed E-state index contributed by atoms with van der Waals surface area (Å²) in [7, 11) is -3.46. The van der Waals surface area contributed by atoms with Crippen molar-refractivity contribution in [3.05, 3.63) is 0 Å². The minimum absolute atomic E-state index is 0.448. The van der Waals surface area contributed by atoms with Gasteiger partial charge in [0.05, 0.1) is 6.07 Å². The molecule has 0 aromatic heterocycles. The molecule has 0 aliphatic heterocycles. The number of sulfonamides is 1. The van der Waals surface area contributed by atoms with E-state index >= 15 is 0 Å². The van der Waals surface area contributed by atoms with Crippen LogP contribution in [0.4, 0.5) is 0 Å². The lowest BCUT2D eigenvalue weighted by molar-refractivity contribution is 0.390. The van der Waals surface area contributed by atoms with Crippen molar-refractivity contribution in [2.45, 2.75) is 71.0 Å². The van der Waals surface area contributed by atoms with Crippen molar-refractivity contribution in [3.8, 4) is 6.07 Å². The summed E-state index contributed by atoms with van der Waals surface area (Å²) in [5, 5.41) is 8.26. The maximum absolute atomic E-state index is 12.5. The zero-order valence-electron chi connectivity index (χ0n) is 12.6. The van der Waals surface area contributed by atoms with E-state index in [4.69, 9.17) is 5.26 Å². The molecule has 0 bridgehead atoms. The number of hydrogen-bond donors (Lipinski definition) is 0. The van der Waals surface area contributed by atoms with Crippen LogP contribution in [0.15, 0.2) is 0 Å². The number of nitriles is 1. The molecule has 0 N–H and O–H groups in total. The van der Waals surface area contributed by atoms with Crippen LogP contribution in [0.3, 0.4) is 0 Å². The monoisotopic (exact) mass is 288 g/mol. The van der Waals surface area contributed by atoms with Crippen LogP contribution in [-0.4, -0.2) is 31.1 Å². The Morgan fingerprint density at radius 3 is 1.84 bits per heavy atom. The van der Waals surface area contributed by atoms with Gasteiger partial charge in [-0.1, -0.05) is 46.5 Å². The summed E-state index contributed by atoms with van der Waals surface area (Å²) < 4.78 is 26.5. The van der Waals surface area contributed by atoms with Crippen LogP contribution in [0.5, 0.6) is 0 Å². The predicted molar refractivity (Wildman–Crippen MR) is 79.2 cm³/mol. The van der Waals surface area contributed by atoms with Gasteiger partial charge in [-0.05, 0) is 19.3 Å². The van der Waals surface area contributed by atoms with Crippen LogP contribution >= 0.6 is 0 Å². The minimum Gasteiger partial charge on any atom is -0.211 e. The van der Waals surface area contributed by atoms with E-state index in [1.165, 1.54) is 4.31 Å². The Balaban J connectivity index is 4.86. The molecule has 0 rings (SSSR count). The lowest BCUT2D eigenvalue weighted by Crippen LogP contribution is -2.39. The quantitative estimate of drug-likeness (QED) is 0.586. The second-order valence-electron chi connectivity index (χ2n) is 4.91. The molecule has 0 aliphatic carbocycles. The van der Waals surface area contributed by atoms with Crippen molar-refractivity contribution in [3.63, 3.8) is 0 Å². The van der Waals surface area contributed by atoms with Gasteiger partial charge in [0.15, 0.2) is 5.25 Å². The topological polar surface area (TPSA) is 61.2 Å². The van der Waals surface area contributed by atoms with Crippen molar-refractivity contribution in [1.82, 2.24) is 4.31 Å². The van der Waals surface area contributed by atoms with Crippen LogP contribution in [0.2, 0.25) is 0 Å².